The van der Waals surface area contributed by atoms with Crippen LogP contribution in [0.5, 0.6) is 0 Å². The maximum absolute atomic E-state index is 12.6. The molecule has 0 radical (unpaired) electrons. The van der Waals surface area contributed by atoms with Crippen molar-refractivity contribution >= 4 is 17.6 Å². The number of hydrogen-bond acceptors (Lipinski definition) is 5. The molecule has 1 aromatic carbocycles. The third kappa shape index (κ3) is 3.06. The van der Waals surface area contributed by atoms with Gasteiger partial charge in [0, 0.05) is 24.6 Å². The molecule has 1 aliphatic heterocycles. The van der Waals surface area contributed by atoms with Crippen LogP contribution in [0.2, 0.25) is 0 Å². The van der Waals surface area contributed by atoms with Crippen LogP contribution in [0.25, 0.3) is 0 Å². The molecular weight excluding hydrogens is 294 g/mol. The van der Waals surface area contributed by atoms with E-state index < -0.39 is 0 Å². The van der Waals surface area contributed by atoms with Crippen molar-refractivity contribution in [3.8, 4) is 0 Å². The third-order valence-electron chi connectivity index (χ3n) is 3.74. The van der Waals surface area contributed by atoms with Gasteiger partial charge in [0.2, 0.25) is 0 Å². The van der Waals surface area contributed by atoms with Gasteiger partial charge in [-0.15, -0.1) is 0 Å². The molecule has 3 rings (SSSR count). The highest BCUT2D eigenvalue weighted by Crippen LogP contribution is 2.29. The Morgan fingerprint density at radius 1 is 1.30 bits per heavy atom. The summed E-state index contributed by atoms with van der Waals surface area (Å²) >= 11 is 0. The molecule has 6 nitrogen and oxygen atoms in total. The van der Waals surface area contributed by atoms with E-state index in [0.29, 0.717) is 24.4 Å². The van der Waals surface area contributed by atoms with Gasteiger partial charge in [0.25, 0.3) is 5.91 Å². The van der Waals surface area contributed by atoms with Gasteiger partial charge in [0.15, 0.2) is 0 Å². The molecular formula is C17H17N3O3. The van der Waals surface area contributed by atoms with Crippen molar-refractivity contribution in [3.05, 3.63) is 53.6 Å². The molecule has 1 aromatic heterocycles. The highest BCUT2D eigenvalue weighted by Gasteiger charge is 2.25. The molecule has 1 amide bonds. The second-order valence-electron chi connectivity index (χ2n) is 5.21. The molecule has 0 spiro atoms. The SMILES string of the molecule is CCOC(=O)c1ccc2c(c1)CCCN2C(=O)c1cnccn1. The first-order valence-electron chi connectivity index (χ1n) is 7.58. The van der Waals surface area contributed by atoms with Gasteiger partial charge in [-0.2, -0.15) is 0 Å². The summed E-state index contributed by atoms with van der Waals surface area (Å²) in [6.07, 6.45) is 6.16. The topological polar surface area (TPSA) is 72.4 Å². The summed E-state index contributed by atoms with van der Waals surface area (Å²) in [5.41, 5.74) is 2.62. The van der Waals surface area contributed by atoms with Gasteiger partial charge in [-0.3, -0.25) is 9.78 Å². The second kappa shape index (κ2) is 6.56. The lowest BCUT2D eigenvalue weighted by atomic mass is 9.99. The number of aromatic nitrogens is 2. The fraction of sp³-hybridized carbons (Fsp3) is 0.294. The Morgan fingerprint density at radius 3 is 2.91 bits per heavy atom. The molecule has 6 heteroatoms. The number of hydrogen-bond donors (Lipinski definition) is 0. The lowest BCUT2D eigenvalue weighted by Crippen LogP contribution is -2.36. The van der Waals surface area contributed by atoms with Crippen molar-refractivity contribution in [2.75, 3.05) is 18.1 Å². The van der Waals surface area contributed by atoms with Crippen LogP contribution in [0.3, 0.4) is 0 Å². The minimum absolute atomic E-state index is 0.178. The molecule has 118 valence electrons. The van der Waals surface area contributed by atoms with Gasteiger partial charge >= 0.3 is 5.97 Å². The summed E-state index contributed by atoms with van der Waals surface area (Å²) in [6, 6.07) is 5.30. The number of fused-ring (bicyclic) bond motifs is 1. The molecule has 0 unspecified atom stereocenters. The molecule has 0 bridgehead atoms. The first-order chi connectivity index (χ1) is 11.2. The van der Waals surface area contributed by atoms with Gasteiger partial charge in [-0.1, -0.05) is 0 Å². The first kappa shape index (κ1) is 15.1. The Bertz CT molecular complexity index is 731. The van der Waals surface area contributed by atoms with Crippen molar-refractivity contribution in [3.63, 3.8) is 0 Å². The quantitative estimate of drug-likeness (QED) is 0.813. The smallest absolute Gasteiger partial charge is 0.338 e. The Balaban J connectivity index is 1.91. The second-order valence-corrected chi connectivity index (χ2v) is 5.21. The van der Waals surface area contributed by atoms with E-state index >= 15 is 0 Å². The van der Waals surface area contributed by atoms with Crippen molar-refractivity contribution < 1.29 is 14.3 Å². The Hall–Kier alpha value is -2.76. The van der Waals surface area contributed by atoms with E-state index in [-0.39, 0.29) is 11.9 Å². The van der Waals surface area contributed by atoms with Crippen LogP contribution < -0.4 is 4.90 Å². The van der Waals surface area contributed by atoms with Crippen molar-refractivity contribution in [1.82, 2.24) is 9.97 Å². The molecule has 0 saturated heterocycles. The molecule has 0 fully saturated rings. The number of anilines is 1. The van der Waals surface area contributed by atoms with Gasteiger partial charge in [0.05, 0.1) is 18.4 Å². The molecule has 23 heavy (non-hydrogen) atoms. The van der Waals surface area contributed by atoms with E-state index in [0.717, 1.165) is 24.1 Å². The average molecular weight is 311 g/mol. The van der Waals surface area contributed by atoms with Crippen LogP contribution in [-0.2, 0) is 11.2 Å². The van der Waals surface area contributed by atoms with Crippen LogP contribution >= 0.6 is 0 Å². The number of aryl methyl sites for hydroxylation is 1. The summed E-state index contributed by atoms with van der Waals surface area (Å²) in [7, 11) is 0. The summed E-state index contributed by atoms with van der Waals surface area (Å²) in [6.45, 7) is 2.74. The van der Waals surface area contributed by atoms with Crippen LogP contribution in [0, 0.1) is 0 Å². The van der Waals surface area contributed by atoms with E-state index in [4.69, 9.17) is 4.74 Å². The number of nitrogens with zero attached hydrogens (tertiary/aromatic N) is 3. The van der Waals surface area contributed by atoms with E-state index in [1.165, 1.54) is 18.6 Å². The fourth-order valence-electron chi connectivity index (χ4n) is 2.70. The number of ether oxygens (including phenoxy) is 1. The lowest BCUT2D eigenvalue weighted by Gasteiger charge is -2.29. The van der Waals surface area contributed by atoms with E-state index in [9.17, 15) is 9.59 Å². The number of carbonyl (C=O) groups excluding carboxylic acids is 2. The lowest BCUT2D eigenvalue weighted by molar-refractivity contribution is 0.0526. The van der Waals surface area contributed by atoms with Crippen molar-refractivity contribution in [2.24, 2.45) is 0 Å². The maximum atomic E-state index is 12.6. The van der Waals surface area contributed by atoms with Gasteiger partial charge < -0.3 is 9.64 Å². The van der Waals surface area contributed by atoms with Crippen LogP contribution in [-0.4, -0.2) is 35.0 Å². The van der Waals surface area contributed by atoms with Gasteiger partial charge in [-0.05, 0) is 43.5 Å². The molecule has 1 aliphatic rings. The minimum atomic E-state index is -0.340. The monoisotopic (exact) mass is 311 g/mol. The molecule has 0 aliphatic carbocycles. The normalized spacial score (nSPS) is 13.3. The standard InChI is InChI=1S/C17H17N3O3/c1-2-23-17(22)13-5-6-15-12(10-13)4-3-9-20(15)16(21)14-11-18-7-8-19-14/h5-8,10-11H,2-4,9H2,1H3. The summed E-state index contributed by atoms with van der Waals surface area (Å²) in [5.74, 6) is -0.518. The van der Waals surface area contributed by atoms with Gasteiger partial charge in [-0.25, -0.2) is 9.78 Å². The molecule has 0 saturated carbocycles. The zero-order chi connectivity index (χ0) is 16.2. The average Bonchev–Trinajstić information content (AvgIpc) is 2.61. The maximum Gasteiger partial charge on any atom is 0.338 e. The minimum Gasteiger partial charge on any atom is -0.462 e. The Kier molecular flexibility index (Phi) is 4.32. The van der Waals surface area contributed by atoms with E-state index in [1.54, 1.807) is 24.0 Å². The largest absolute Gasteiger partial charge is 0.462 e. The summed E-state index contributed by atoms with van der Waals surface area (Å²) in [4.78, 5) is 34.2. The highest BCUT2D eigenvalue weighted by atomic mass is 16.5. The predicted octanol–water partition coefficient (Wildman–Crippen LogP) is 2.25. The molecule has 0 atom stereocenters. The van der Waals surface area contributed by atoms with Crippen molar-refractivity contribution in [2.45, 2.75) is 19.8 Å². The molecule has 0 N–H and O–H groups in total. The number of amides is 1. The molecule has 2 heterocycles. The summed E-state index contributed by atoms with van der Waals surface area (Å²) in [5, 5.41) is 0. The number of benzene rings is 1. The third-order valence-corrected chi connectivity index (χ3v) is 3.74. The van der Waals surface area contributed by atoms with Crippen molar-refractivity contribution in [1.29, 1.82) is 0 Å². The zero-order valence-electron chi connectivity index (χ0n) is 12.9. The van der Waals surface area contributed by atoms with E-state index in [1.807, 2.05) is 6.07 Å². The van der Waals surface area contributed by atoms with Crippen LogP contribution in [0.1, 0.15) is 39.8 Å². The zero-order valence-corrected chi connectivity index (χ0v) is 12.9. The predicted molar refractivity (Wildman–Crippen MR) is 84.4 cm³/mol. The Labute approximate surface area is 134 Å². The highest BCUT2D eigenvalue weighted by molar-refractivity contribution is 6.05. The number of esters is 1. The number of rotatable bonds is 3. The van der Waals surface area contributed by atoms with Crippen LogP contribution in [0.15, 0.2) is 36.8 Å². The molecule has 2 aromatic rings. The summed E-state index contributed by atoms with van der Waals surface area (Å²) < 4.78 is 5.02. The Morgan fingerprint density at radius 2 is 2.17 bits per heavy atom. The number of carbonyl (C=O) groups is 2. The van der Waals surface area contributed by atoms with Gasteiger partial charge in [0.1, 0.15) is 5.69 Å². The van der Waals surface area contributed by atoms with E-state index in [2.05, 4.69) is 9.97 Å². The fourth-order valence-corrected chi connectivity index (χ4v) is 2.70. The van der Waals surface area contributed by atoms with Crippen LogP contribution in [0.4, 0.5) is 5.69 Å². The first-order valence-corrected chi connectivity index (χ1v) is 7.58.